The minimum absolute atomic E-state index is 0.164. The predicted octanol–water partition coefficient (Wildman–Crippen LogP) is 1.83. The Balaban J connectivity index is 1.70. The SMILES string of the molecule is N=C(N)NC(=O)OCc1cccc(-c2cnc(N3CCC(=NO)CC3)nc2)c1F. The summed E-state index contributed by atoms with van der Waals surface area (Å²) in [5.74, 6) is -0.595. The summed E-state index contributed by atoms with van der Waals surface area (Å²) < 4.78 is 19.7. The Morgan fingerprint density at radius 2 is 2.03 bits per heavy atom. The minimum Gasteiger partial charge on any atom is -0.444 e. The first-order valence-corrected chi connectivity index (χ1v) is 8.80. The van der Waals surface area contributed by atoms with Crippen molar-refractivity contribution in [2.45, 2.75) is 19.4 Å². The van der Waals surface area contributed by atoms with Crippen LogP contribution in [0.3, 0.4) is 0 Å². The van der Waals surface area contributed by atoms with E-state index in [9.17, 15) is 9.18 Å². The predicted molar refractivity (Wildman–Crippen MR) is 103 cm³/mol. The van der Waals surface area contributed by atoms with Gasteiger partial charge in [-0.3, -0.25) is 10.7 Å². The van der Waals surface area contributed by atoms with Crippen LogP contribution in [0.25, 0.3) is 11.1 Å². The molecule has 1 aliphatic rings. The van der Waals surface area contributed by atoms with Crippen molar-refractivity contribution >= 4 is 23.7 Å². The number of piperidine rings is 1. The number of halogens is 1. The van der Waals surface area contributed by atoms with Gasteiger partial charge in [0.05, 0.1) is 5.71 Å². The zero-order chi connectivity index (χ0) is 20.8. The van der Waals surface area contributed by atoms with Crippen LogP contribution in [-0.2, 0) is 11.3 Å². The van der Waals surface area contributed by atoms with Crippen molar-refractivity contribution in [3.63, 3.8) is 0 Å². The monoisotopic (exact) mass is 401 g/mol. The van der Waals surface area contributed by atoms with Gasteiger partial charge >= 0.3 is 6.09 Å². The summed E-state index contributed by atoms with van der Waals surface area (Å²) in [6, 6.07) is 4.70. The fourth-order valence-electron chi connectivity index (χ4n) is 2.89. The number of rotatable bonds is 4. The molecule has 1 aromatic carbocycles. The maximum atomic E-state index is 14.8. The lowest BCUT2D eigenvalue weighted by molar-refractivity contribution is 0.143. The number of hydrogen-bond acceptors (Lipinski definition) is 8. The number of hydrogen-bond donors (Lipinski definition) is 4. The van der Waals surface area contributed by atoms with Crippen LogP contribution in [-0.4, -0.2) is 46.0 Å². The number of ether oxygens (including phenoxy) is 1. The van der Waals surface area contributed by atoms with Crippen molar-refractivity contribution in [1.29, 1.82) is 5.41 Å². The molecule has 0 radical (unpaired) electrons. The zero-order valence-corrected chi connectivity index (χ0v) is 15.4. The van der Waals surface area contributed by atoms with Gasteiger partial charge in [-0.25, -0.2) is 19.2 Å². The molecule has 1 fully saturated rings. The fourth-order valence-corrected chi connectivity index (χ4v) is 2.89. The number of guanidine groups is 1. The maximum absolute atomic E-state index is 14.8. The first-order valence-electron chi connectivity index (χ1n) is 8.80. The molecule has 1 aromatic heterocycles. The molecule has 11 heteroatoms. The summed E-state index contributed by atoms with van der Waals surface area (Å²) in [6.45, 7) is 0.963. The van der Waals surface area contributed by atoms with E-state index >= 15 is 0 Å². The van der Waals surface area contributed by atoms with Crippen LogP contribution in [0.1, 0.15) is 18.4 Å². The van der Waals surface area contributed by atoms with E-state index in [-0.39, 0.29) is 17.7 Å². The second kappa shape index (κ2) is 8.95. The zero-order valence-electron chi connectivity index (χ0n) is 15.4. The van der Waals surface area contributed by atoms with Crippen molar-refractivity contribution in [3.05, 3.63) is 42.0 Å². The second-order valence-corrected chi connectivity index (χ2v) is 6.32. The highest BCUT2D eigenvalue weighted by Crippen LogP contribution is 2.25. The molecule has 152 valence electrons. The van der Waals surface area contributed by atoms with Crippen LogP contribution in [0.4, 0.5) is 15.1 Å². The first kappa shape index (κ1) is 20.0. The van der Waals surface area contributed by atoms with E-state index in [1.54, 1.807) is 12.1 Å². The smallest absolute Gasteiger partial charge is 0.414 e. The molecule has 0 atom stereocenters. The summed E-state index contributed by atoms with van der Waals surface area (Å²) in [5, 5.41) is 21.0. The van der Waals surface area contributed by atoms with Crippen molar-refractivity contribution < 1.29 is 19.1 Å². The molecule has 2 aromatic rings. The Morgan fingerprint density at radius 3 is 2.66 bits per heavy atom. The van der Waals surface area contributed by atoms with Crippen LogP contribution in [0.2, 0.25) is 0 Å². The molecular formula is C18H20FN7O3. The number of anilines is 1. The molecule has 0 unspecified atom stereocenters. The lowest BCUT2D eigenvalue weighted by Crippen LogP contribution is -2.36. The Bertz CT molecular complexity index is 924. The summed E-state index contributed by atoms with van der Waals surface area (Å²) >= 11 is 0. The third kappa shape index (κ3) is 4.94. The standard InChI is InChI=1S/C18H20FN7O3/c19-15-11(10-29-18(27)24-16(20)21)2-1-3-14(15)12-8-22-17(23-9-12)26-6-4-13(25-28)5-7-26/h1-3,8-9,28H,4-7,10H2,(H4,20,21,24,27). The van der Waals surface area contributed by atoms with Crippen LogP contribution < -0.4 is 16.0 Å². The van der Waals surface area contributed by atoms with E-state index in [2.05, 4.69) is 15.1 Å². The highest BCUT2D eigenvalue weighted by molar-refractivity contribution is 5.90. The molecule has 29 heavy (non-hydrogen) atoms. The van der Waals surface area contributed by atoms with Crippen LogP contribution in [0.15, 0.2) is 35.7 Å². The molecule has 1 amide bonds. The summed E-state index contributed by atoms with van der Waals surface area (Å²) in [7, 11) is 0. The van der Waals surface area contributed by atoms with Crippen molar-refractivity contribution in [2.75, 3.05) is 18.0 Å². The van der Waals surface area contributed by atoms with Gasteiger partial charge in [0.2, 0.25) is 5.95 Å². The number of aromatic nitrogens is 2. The third-order valence-electron chi connectivity index (χ3n) is 4.39. The number of amides is 1. The number of carbonyl (C=O) groups is 1. The molecule has 0 spiro atoms. The van der Waals surface area contributed by atoms with Gasteiger partial charge in [-0.05, 0) is 0 Å². The van der Waals surface area contributed by atoms with E-state index in [0.29, 0.717) is 37.4 Å². The lowest BCUT2D eigenvalue weighted by Gasteiger charge is -2.27. The maximum Gasteiger partial charge on any atom is 0.414 e. The van der Waals surface area contributed by atoms with Gasteiger partial charge in [0.1, 0.15) is 12.4 Å². The molecule has 0 bridgehead atoms. The van der Waals surface area contributed by atoms with Gasteiger partial charge in [0.25, 0.3) is 0 Å². The Labute approximate surface area is 165 Å². The summed E-state index contributed by atoms with van der Waals surface area (Å²) in [5.41, 5.74) is 6.70. The molecule has 0 saturated carbocycles. The fraction of sp³-hybridized carbons (Fsp3) is 0.278. The van der Waals surface area contributed by atoms with E-state index in [0.717, 1.165) is 5.71 Å². The minimum atomic E-state index is -0.939. The number of nitrogens with zero attached hydrogens (tertiary/aromatic N) is 4. The topological polar surface area (TPSA) is 150 Å². The summed E-state index contributed by atoms with van der Waals surface area (Å²) in [6.07, 6.45) is 3.39. The largest absolute Gasteiger partial charge is 0.444 e. The average molecular weight is 401 g/mol. The summed E-state index contributed by atoms with van der Waals surface area (Å²) in [4.78, 5) is 22.0. The van der Waals surface area contributed by atoms with E-state index in [1.165, 1.54) is 18.5 Å². The number of benzene rings is 1. The third-order valence-corrected chi connectivity index (χ3v) is 4.39. The average Bonchev–Trinajstić information content (AvgIpc) is 2.73. The van der Waals surface area contributed by atoms with Gasteiger partial charge in [-0.2, -0.15) is 0 Å². The molecule has 1 saturated heterocycles. The number of carbonyl (C=O) groups excluding carboxylic acids is 1. The number of alkyl carbamates (subject to hydrolysis) is 1. The van der Waals surface area contributed by atoms with Gasteiger partial charge in [0, 0.05) is 55.0 Å². The van der Waals surface area contributed by atoms with Crippen LogP contribution in [0.5, 0.6) is 0 Å². The first-order chi connectivity index (χ1) is 14.0. The molecular weight excluding hydrogens is 381 g/mol. The highest BCUT2D eigenvalue weighted by atomic mass is 19.1. The number of oxime groups is 1. The van der Waals surface area contributed by atoms with Gasteiger partial charge in [-0.1, -0.05) is 23.4 Å². The molecule has 0 aliphatic carbocycles. The molecule has 5 N–H and O–H groups in total. The van der Waals surface area contributed by atoms with Gasteiger partial charge in [0.15, 0.2) is 5.96 Å². The Kier molecular flexibility index (Phi) is 6.17. The van der Waals surface area contributed by atoms with Gasteiger partial charge in [-0.15, -0.1) is 0 Å². The van der Waals surface area contributed by atoms with Crippen molar-refractivity contribution in [1.82, 2.24) is 15.3 Å². The van der Waals surface area contributed by atoms with Gasteiger partial charge < -0.3 is 20.6 Å². The van der Waals surface area contributed by atoms with E-state index in [4.69, 9.17) is 21.1 Å². The quantitative estimate of drug-likeness (QED) is 0.264. The van der Waals surface area contributed by atoms with Crippen molar-refractivity contribution in [3.8, 4) is 11.1 Å². The highest BCUT2D eigenvalue weighted by Gasteiger charge is 2.18. The molecule has 3 rings (SSSR count). The van der Waals surface area contributed by atoms with Crippen molar-refractivity contribution in [2.24, 2.45) is 10.9 Å². The normalized spacial score (nSPS) is 13.7. The van der Waals surface area contributed by atoms with Crippen LogP contribution in [0, 0.1) is 11.2 Å². The lowest BCUT2D eigenvalue weighted by atomic mass is 10.1. The molecule has 10 nitrogen and oxygen atoms in total. The second-order valence-electron chi connectivity index (χ2n) is 6.32. The van der Waals surface area contributed by atoms with Crippen LogP contribution >= 0.6 is 0 Å². The Hall–Kier alpha value is -3.76. The molecule has 2 heterocycles. The van der Waals surface area contributed by atoms with E-state index < -0.39 is 17.9 Å². The van der Waals surface area contributed by atoms with E-state index in [1.807, 2.05) is 10.2 Å². The number of nitrogens with two attached hydrogens (primary N) is 1. The Morgan fingerprint density at radius 1 is 1.34 bits per heavy atom. The number of nitrogens with one attached hydrogen (secondary N) is 2. The molecule has 1 aliphatic heterocycles.